The molecule has 29 heavy (non-hydrogen) atoms. The van der Waals surface area contributed by atoms with Gasteiger partial charge in [-0.15, -0.1) is 0 Å². The topological polar surface area (TPSA) is 47.4 Å². The van der Waals surface area contributed by atoms with Gasteiger partial charge in [-0.25, -0.2) is 0 Å². The van der Waals surface area contributed by atoms with Gasteiger partial charge in [-0.2, -0.15) is 5.10 Å². The molecule has 2 aromatic carbocycles. The summed E-state index contributed by atoms with van der Waals surface area (Å²) in [5, 5.41) is 5.16. The maximum Gasteiger partial charge on any atom is 0.254 e. The van der Waals surface area contributed by atoms with Gasteiger partial charge < -0.3 is 9.64 Å². The van der Waals surface area contributed by atoms with Crippen LogP contribution in [0.25, 0.3) is 11.3 Å². The molecule has 2 aliphatic rings. The van der Waals surface area contributed by atoms with Gasteiger partial charge in [-0.3, -0.25) is 9.48 Å². The molecule has 6 heteroatoms. The first-order valence-electron chi connectivity index (χ1n) is 9.85. The maximum atomic E-state index is 13.1. The van der Waals surface area contributed by atoms with Crippen molar-refractivity contribution >= 4 is 17.5 Å². The molecule has 0 unspecified atom stereocenters. The third-order valence-electron chi connectivity index (χ3n) is 6.15. The van der Waals surface area contributed by atoms with Crippen molar-refractivity contribution in [3.63, 3.8) is 0 Å². The number of nitrogens with zero attached hydrogens (tertiary/aromatic N) is 3. The van der Waals surface area contributed by atoms with Crippen LogP contribution in [0.1, 0.15) is 34.3 Å². The summed E-state index contributed by atoms with van der Waals surface area (Å²) in [4.78, 5) is 15.0. The van der Waals surface area contributed by atoms with Crippen LogP contribution in [0, 0.1) is 6.92 Å². The van der Waals surface area contributed by atoms with Crippen LogP contribution in [-0.2, 0) is 12.6 Å². The van der Waals surface area contributed by atoms with Crippen LogP contribution in [0.3, 0.4) is 0 Å². The number of fused-ring (bicyclic) bond motifs is 4. The fourth-order valence-electron chi connectivity index (χ4n) is 4.59. The van der Waals surface area contributed by atoms with Crippen molar-refractivity contribution in [3.05, 3.63) is 70.4 Å². The van der Waals surface area contributed by atoms with Gasteiger partial charge in [0.25, 0.3) is 5.91 Å². The highest BCUT2D eigenvalue weighted by Crippen LogP contribution is 2.49. The smallest absolute Gasteiger partial charge is 0.254 e. The van der Waals surface area contributed by atoms with Gasteiger partial charge in [0.05, 0.1) is 11.9 Å². The Labute approximate surface area is 174 Å². The highest BCUT2D eigenvalue weighted by atomic mass is 35.5. The molecule has 5 rings (SSSR count). The second-order valence-corrected chi connectivity index (χ2v) is 8.31. The average Bonchev–Trinajstić information content (AvgIpc) is 3.11. The zero-order valence-electron chi connectivity index (χ0n) is 16.5. The lowest BCUT2D eigenvalue weighted by atomic mass is 9.81. The number of hydrogen-bond acceptors (Lipinski definition) is 3. The minimum absolute atomic E-state index is 0.0524. The van der Waals surface area contributed by atoms with E-state index in [-0.39, 0.29) is 5.91 Å². The van der Waals surface area contributed by atoms with Gasteiger partial charge in [-0.1, -0.05) is 23.7 Å². The lowest BCUT2D eigenvalue weighted by Crippen LogP contribution is -2.49. The summed E-state index contributed by atoms with van der Waals surface area (Å²) >= 11 is 6.05. The number of carbonyl (C=O) groups excluding carboxylic acids is 1. The number of carbonyl (C=O) groups is 1. The highest BCUT2D eigenvalue weighted by Gasteiger charge is 2.45. The van der Waals surface area contributed by atoms with Crippen LogP contribution in [0.2, 0.25) is 5.02 Å². The van der Waals surface area contributed by atoms with Gasteiger partial charge in [0.15, 0.2) is 0 Å². The van der Waals surface area contributed by atoms with Crippen LogP contribution < -0.4 is 4.74 Å². The molecule has 1 fully saturated rings. The van der Waals surface area contributed by atoms with E-state index in [4.69, 9.17) is 16.3 Å². The van der Waals surface area contributed by atoms with E-state index in [1.165, 1.54) is 0 Å². The van der Waals surface area contributed by atoms with Crippen LogP contribution >= 0.6 is 11.6 Å². The molecule has 0 saturated carbocycles. The Morgan fingerprint density at radius 3 is 2.69 bits per heavy atom. The summed E-state index contributed by atoms with van der Waals surface area (Å²) in [5.74, 6) is 0.938. The predicted octanol–water partition coefficient (Wildman–Crippen LogP) is 4.57. The van der Waals surface area contributed by atoms with E-state index in [0.717, 1.165) is 41.0 Å². The van der Waals surface area contributed by atoms with E-state index in [1.807, 2.05) is 60.1 Å². The Morgan fingerprint density at radius 2 is 1.93 bits per heavy atom. The number of amides is 1. The lowest BCUT2D eigenvalue weighted by molar-refractivity contribution is -0.00174. The molecule has 2 aliphatic heterocycles. The standard InChI is InChI=1S/C23H22ClN3O2/c1-15-13-16(24)7-8-17(15)22(28)27-11-9-23(10-12-27)19-14-25-26(2)21(19)18-5-3-4-6-20(18)29-23/h3-8,13-14H,9-12H2,1-2H3. The Morgan fingerprint density at radius 1 is 1.17 bits per heavy atom. The molecule has 1 amide bonds. The number of aromatic nitrogens is 2. The summed E-state index contributed by atoms with van der Waals surface area (Å²) in [6, 6.07) is 13.5. The molecular formula is C23H22ClN3O2. The zero-order valence-corrected chi connectivity index (χ0v) is 17.2. The second-order valence-electron chi connectivity index (χ2n) is 7.87. The van der Waals surface area contributed by atoms with E-state index in [2.05, 4.69) is 11.2 Å². The molecule has 0 bridgehead atoms. The van der Waals surface area contributed by atoms with Crippen molar-refractivity contribution in [1.82, 2.24) is 14.7 Å². The fourth-order valence-corrected chi connectivity index (χ4v) is 4.81. The molecule has 5 nitrogen and oxygen atoms in total. The predicted molar refractivity (Wildman–Crippen MR) is 112 cm³/mol. The lowest BCUT2D eigenvalue weighted by Gasteiger charge is -2.44. The van der Waals surface area contributed by atoms with Crippen LogP contribution in [0.4, 0.5) is 0 Å². The minimum atomic E-state index is -0.441. The number of aryl methyl sites for hydroxylation is 2. The largest absolute Gasteiger partial charge is 0.482 e. The molecule has 3 aromatic rings. The average molecular weight is 408 g/mol. The number of rotatable bonds is 1. The van der Waals surface area contributed by atoms with Gasteiger partial charge in [0, 0.05) is 54.7 Å². The van der Waals surface area contributed by atoms with Crippen molar-refractivity contribution in [2.45, 2.75) is 25.4 Å². The minimum Gasteiger partial charge on any atom is -0.482 e. The number of benzene rings is 2. The number of para-hydroxylation sites is 1. The maximum absolute atomic E-state index is 13.1. The first-order valence-corrected chi connectivity index (χ1v) is 10.2. The molecule has 1 aromatic heterocycles. The quantitative estimate of drug-likeness (QED) is 0.593. The van der Waals surface area contributed by atoms with Gasteiger partial charge >= 0.3 is 0 Å². The molecule has 0 N–H and O–H groups in total. The summed E-state index contributed by atoms with van der Waals surface area (Å²) in [5.41, 5.74) is 4.48. The number of halogens is 1. The Kier molecular flexibility index (Phi) is 4.17. The normalized spacial score (nSPS) is 16.9. The van der Waals surface area contributed by atoms with E-state index >= 15 is 0 Å². The van der Waals surface area contributed by atoms with Crippen molar-refractivity contribution < 1.29 is 9.53 Å². The second kappa shape index (κ2) is 6.63. The van der Waals surface area contributed by atoms with E-state index < -0.39 is 5.60 Å². The fraction of sp³-hybridized carbons (Fsp3) is 0.304. The number of likely N-dealkylation sites (tertiary alicyclic amines) is 1. The molecule has 0 aliphatic carbocycles. The molecule has 148 valence electrons. The molecule has 1 saturated heterocycles. The van der Waals surface area contributed by atoms with Crippen LogP contribution in [0.5, 0.6) is 5.75 Å². The summed E-state index contributed by atoms with van der Waals surface area (Å²) in [7, 11) is 1.97. The first-order chi connectivity index (χ1) is 14.0. The third-order valence-corrected chi connectivity index (χ3v) is 6.39. The van der Waals surface area contributed by atoms with Crippen LogP contribution in [0.15, 0.2) is 48.7 Å². The van der Waals surface area contributed by atoms with E-state index in [1.54, 1.807) is 6.07 Å². The Bertz CT molecular complexity index is 1110. The summed E-state index contributed by atoms with van der Waals surface area (Å²) in [6.45, 7) is 3.20. The number of ether oxygens (including phenoxy) is 1. The Hall–Kier alpha value is -2.79. The third kappa shape index (κ3) is 2.84. The SMILES string of the molecule is Cc1cc(Cl)ccc1C(=O)N1CCC2(CC1)Oc1ccccc1-c1c2cnn1C. The van der Waals surface area contributed by atoms with Crippen LogP contribution in [-0.4, -0.2) is 33.7 Å². The first kappa shape index (κ1) is 18.3. The van der Waals surface area contributed by atoms with Gasteiger partial charge in [0.1, 0.15) is 11.4 Å². The van der Waals surface area contributed by atoms with Gasteiger partial charge in [0.2, 0.25) is 0 Å². The molecule has 3 heterocycles. The highest BCUT2D eigenvalue weighted by molar-refractivity contribution is 6.30. The number of hydrogen-bond donors (Lipinski definition) is 0. The van der Waals surface area contributed by atoms with E-state index in [9.17, 15) is 4.79 Å². The van der Waals surface area contributed by atoms with E-state index in [0.29, 0.717) is 23.7 Å². The number of piperidine rings is 1. The monoisotopic (exact) mass is 407 g/mol. The zero-order chi connectivity index (χ0) is 20.2. The van der Waals surface area contributed by atoms with Crippen molar-refractivity contribution in [1.29, 1.82) is 0 Å². The van der Waals surface area contributed by atoms with Gasteiger partial charge in [-0.05, 0) is 42.8 Å². The summed E-state index contributed by atoms with van der Waals surface area (Å²) < 4.78 is 8.49. The summed E-state index contributed by atoms with van der Waals surface area (Å²) in [6.07, 6.45) is 3.39. The van der Waals surface area contributed by atoms with Crippen molar-refractivity contribution in [3.8, 4) is 17.0 Å². The Balaban J connectivity index is 1.43. The molecule has 0 radical (unpaired) electrons. The van der Waals surface area contributed by atoms with Crippen molar-refractivity contribution in [2.24, 2.45) is 7.05 Å². The van der Waals surface area contributed by atoms with Crippen molar-refractivity contribution in [2.75, 3.05) is 13.1 Å². The molecule has 0 atom stereocenters. The molecular weight excluding hydrogens is 386 g/mol. The molecule has 1 spiro atoms.